The molecule has 0 aromatic carbocycles. The first kappa shape index (κ1) is 13.4. The maximum atomic E-state index is 6.02. The van der Waals surface area contributed by atoms with Crippen LogP contribution in [0.15, 0.2) is 30.6 Å². The maximum Gasteiger partial charge on any atom is 0.216 e. The summed E-state index contributed by atoms with van der Waals surface area (Å²) in [6.07, 6.45) is 4.05. The number of aromatic nitrogens is 3. The lowest BCUT2D eigenvalue weighted by molar-refractivity contribution is 0.392. The van der Waals surface area contributed by atoms with Gasteiger partial charge in [-0.15, -0.1) is 0 Å². The second-order valence-electron chi connectivity index (χ2n) is 5.11. The van der Waals surface area contributed by atoms with Gasteiger partial charge in [-0.25, -0.2) is 4.98 Å². The van der Waals surface area contributed by atoms with Gasteiger partial charge in [0.25, 0.3) is 0 Å². The van der Waals surface area contributed by atoms with Crippen molar-refractivity contribution in [1.82, 2.24) is 15.0 Å². The molecule has 2 heterocycles. The third-order valence-electron chi connectivity index (χ3n) is 2.55. The Labute approximate surface area is 112 Å². The molecule has 0 aliphatic heterocycles. The molecule has 0 atom stereocenters. The van der Waals surface area contributed by atoms with Crippen LogP contribution in [0, 0.1) is 0 Å². The number of methoxy groups -OCH3 is 1. The van der Waals surface area contributed by atoms with E-state index in [0.717, 1.165) is 11.3 Å². The zero-order valence-electron chi connectivity index (χ0n) is 11.4. The number of hydrogen-bond donors (Lipinski definition) is 1. The number of nitrogens with two attached hydrogens (primary N) is 1. The molecular weight excluding hydrogens is 240 g/mol. The van der Waals surface area contributed by atoms with E-state index in [9.17, 15) is 0 Å². The largest absolute Gasteiger partial charge is 0.481 e. The summed E-state index contributed by atoms with van der Waals surface area (Å²) in [6, 6.07) is 5.61. The van der Waals surface area contributed by atoms with Gasteiger partial charge < -0.3 is 10.5 Å². The molecule has 0 saturated carbocycles. The summed E-state index contributed by atoms with van der Waals surface area (Å²) >= 11 is 0. The van der Waals surface area contributed by atoms with Gasteiger partial charge in [0.1, 0.15) is 5.82 Å². The lowest BCUT2D eigenvalue weighted by Crippen LogP contribution is -2.35. The molecule has 0 amide bonds. The second-order valence-corrected chi connectivity index (χ2v) is 5.11. The van der Waals surface area contributed by atoms with Crippen LogP contribution in [-0.4, -0.2) is 27.6 Å². The molecule has 0 spiro atoms. The molecule has 0 bridgehead atoms. The van der Waals surface area contributed by atoms with Crippen molar-refractivity contribution in [2.24, 2.45) is 5.73 Å². The maximum absolute atomic E-state index is 6.02. The Kier molecular flexibility index (Phi) is 3.76. The molecule has 0 aliphatic rings. The van der Waals surface area contributed by atoms with Crippen molar-refractivity contribution in [3.63, 3.8) is 0 Å². The summed E-state index contributed by atoms with van der Waals surface area (Å²) in [6.45, 7) is 3.89. The Morgan fingerprint density at radius 1 is 1.21 bits per heavy atom. The minimum Gasteiger partial charge on any atom is -0.481 e. The summed E-state index contributed by atoms with van der Waals surface area (Å²) in [5.74, 6) is 1.22. The van der Waals surface area contributed by atoms with Gasteiger partial charge in [-0.2, -0.15) is 4.98 Å². The number of rotatable bonds is 4. The van der Waals surface area contributed by atoms with Crippen molar-refractivity contribution in [2.45, 2.75) is 25.8 Å². The quantitative estimate of drug-likeness (QED) is 0.905. The predicted octanol–water partition coefficient (Wildman–Crippen LogP) is 1.83. The van der Waals surface area contributed by atoms with Crippen LogP contribution in [0.3, 0.4) is 0 Å². The van der Waals surface area contributed by atoms with Gasteiger partial charge in [0.05, 0.1) is 12.8 Å². The van der Waals surface area contributed by atoms with Crippen LogP contribution in [-0.2, 0) is 6.42 Å². The lowest BCUT2D eigenvalue weighted by atomic mass is 10.0. The average Bonchev–Trinajstić information content (AvgIpc) is 2.37. The molecule has 0 unspecified atom stereocenters. The molecule has 0 aliphatic carbocycles. The van der Waals surface area contributed by atoms with Gasteiger partial charge in [-0.05, 0) is 26.0 Å². The van der Waals surface area contributed by atoms with E-state index < -0.39 is 0 Å². The smallest absolute Gasteiger partial charge is 0.216 e. The molecule has 0 saturated heterocycles. The van der Waals surface area contributed by atoms with Gasteiger partial charge >= 0.3 is 0 Å². The normalized spacial score (nSPS) is 11.4. The first-order valence-electron chi connectivity index (χ1n) is 6.09. The Balaban J connectivity index is 2.42. The van der Waals surface area contributed by atoms with Crippen molar-refractivity contribution in [2.75, 3.05) is 7.11 Å². The molecule has 0 radical (unpaired) electrons. The molecule has 5 nitrogen and oxygen atoms in total. The minimum atomic E-state index is -0.359. The van der Waals surface area contributed by atoms with E-state index in [-0.39, 0.29) is 5.54 Å². The molecule has 100 valence electrons. The van der Waals surface area contributed by atoms with Crippen molar-refractivity contribution >= 4 is 0 Å². The number of pyridine rings is 1. The molecule has 19 heavy (non-hydrogen) atoms. The fourth-order valence-corrected chi connectivity index (χ4v) is 1.73. The van der Waals surface area contributed by atoms with E-state index >= 15 is 0 Å². The van der Waals surface area contributed by atoms with Crippen LogP contribution in [0.1, 0.15) is 19.7 Å². The summed E-state index contributed by atoms with van der Waals surface area (Å²) in [4.78, 5) is 12.9. The first-order chi connectivity index (χ1) is 8.98. The van der Waals surface area contributed by atoms with E-state index in [1.165, 1.54) is 0 Å². The number of hydrogen-bond acceptors (Lipinski definition) is 5. The zero-order chi connectivity index (χ0) is 13.9. The van der Waals surface area contributed by atoms with E-state index in [2.05, 4.69) is 15.0 Å². The lowest BCUT2D eigenvalue weighted by Gasteiger charge is -2.17. The Bertz CT molecular complexity index is 549. The van der Waals surface area contributed by atoms with Gasteiger partial charge in [-0.1, -0.05) is 0 Å². The highest BCUT2D eigenvalue weighted by Crippen LogP contribution is 2.21. The third kappa shape index (κ3) is 3.72. The van der Waals surface area contributed by atoms with Crippen LogP contribution in [0.5, 0.6) is 5.88 Å². The Hall–Kier alpha value is -2.01. The van der Waals surface area contributed by atoms with Crippen LogP contribution >= 0.6 is 0 Å². The van der Waals surface area contributed by atoms with Crippen molar-refractivity contribution in [3.8, 4) is 17.1 Å². The van der Waals surface area contributed by atoms with Gasteiger partial charge in [0.15, 0.2) is 0 Å². The molecule has 0 fully saturated rings. The monoisotopic (exact) mass is 258 g/mol. The third-order valence-corrected chi connectivity index (χ3v) is 2.55. The van der Waals surface area contributed by atoms with Gasteiger partial charge in [0, 0.05) is 36.0 Å². The number of ether oxygens (including phenoxy) is 1. The molecule has 2 aromatic heterocycles. The highest BCUT2D eigenvalue weighted by molar-refractivity contribution is 5.59. The molecule has 2 N–H and O–H groups in total. The summed E-state index contributed by atoms with van der Waals surface area (Å²) in [5.41, 5.74) is 7.45. The van der Waals surface area contributed by atoms with Crippen molar-refractivity contribution in [1.29, 1.82) is 0 Å². The molecular formula is C14H18N4O. The van der Waals surface area contributed by atoms with Crippen LogP contribution in [0.2, 0.25) is 0 Å². The fraction of sp³-hybridized carbons (Fsp3) is 0.357. The van der Waals surface area contributed by atoms with Gasteiger partial charge in [-0.3, -0.25) is 4.98 Å². The van der Waals surface area contributed by atoms with Gasteiger partial charge in [0.2, 0.25) is 5.88 Å². The Morgan fingerprint density at radius 3 is 2.47 bits per heavy atom. The summed E-state index contributed by atoms with van der Waals surface area (Å²) < 4.78 is 5.22. The van der Waals surface area contributed by atoms with E-state index in [1.54, 1.807) is 19.5 Å². The van der Waals surface area contributed by atoms with E-state index in [0.29, 0.717) is 18.1 Å². The molecule has 2 aromatic rings. The topological polar surface area (TPSA) is 73.9 Å². The van der Waals surface area contributed by atoms with Crippen LogP contribution < -0.4 is 10.5 Å². The molecule has 5 heteroatoms. The standard InChI is InChI=1S/C14H18N4O/c1-14(2,15)9-12-17-11(8-13(18-12)19-3)10-4-6-16-7-5-10/h4-8H,9,15H2,1-3H3. The van der Waals surface area contributed by atoms with Crippen molar-refractivity contribution < 1.29 is 4.74 Å². The Morgan fingerprint density at radius 2 is 1.89 bits per heavy atom. The van der Waals surface area contributed by atoms with Crippen LogP contribution in [0.4, 0.5) is 0 Å². The zero-order valence-corrected chi connectivity index (χ0v) is 11.4. The first-order valence-corrected chi connectivity index (χ1v) is 6.09. The predicted molar refractivity (Wildman–Crippen MR) is 73.8 cm³/mol. The van der Waals surface area contributed by atoms with Crippen molar-refractivity contribution in [3.05, 3.63) is 36.4 Å². The second kappa shape index (κ2) is 5.32. The average molecular weight is 258 g/mol. The summed E-state index contributed by atoms with van der Waals surface area (Å²) in [5, 5.41) is 0. The van der Waals surface area contributed by atoms with E-state index in [4.69, 9.17) is 10.5 Å². The van der Waals surface area contributed by atoms with E-state index in [1.807, 2.05) is 32.0 Å². The highest BCUT2D eigenvalue weighted by Gasteiger charge is 2.16. The summed E-state index contributed by atoms with van der Waals surface area (Å²) in [7, 11) is 1.59. The minimum absolute atomic E-state index is 0.359. The SMILES string of the molecule is COc1cc(-c2ccncc2)nc(CC(C)(C)N)n1. The number of nitrogens with zero attached hydrogens (tertiary/aromatic N) is 3. The fourth-order valence-electron chi connectivity index (χ4n) is 1.73. The van der Waals surface area contributed by atoms with Crippen LogP contribution in [0.25, 0.3) is 11.3 Å². The molecule has 2 rings (SSSR count). The highest BCUT2D eigenvalue weighted by atomic mass is 16.5.